The van der Waals surface area contributed by atoms with E-state index in [0.717, 1.165) is 24.8 Å². The van der Waals surface area contributed by atoms with Gasteiger partial charge in [0, 0.05) is 37.0 Å². The van der Waals surface area contributed by atoms with E-state index in [0.29, 0.717) is 18.5 Å². The molecule has 29 heavy (non-hydrogen) atoms. The van der Waals surface area contributed by atoms with Crippen LogP contribution in [0.25, 0.3) is 0 Å². The molecule has 0 aliphatic rings. The normalized spacial score (nSPS) is 11.9. The zero-order valence-electron chi connectivity index (χ0n) is 16.5. The Morgan fingerprint density at radius 3 is 2.38 bits per heavy atom. The largest absolute Gasteiger partial charge is 0.350 e. The van der Waals surface area contributed by atoms with Gasteiger partial charge in [-0.05, 0) is 30.2 Å². The Bertz CT molecular complexity index is 717. The van der Waals surface area contributed by atoms with Crippen molar-refractivity contribution in [3.8, 4) is 0 Å². The lowest BCUT2D eigenvalue weighted by Crippen LogP contribution is -2.52. The number of unbranched alkanes of at least 4 members (excludes halogenated alkanes) is 1. The molecule has 0 aliphatic carbocycles. The Kier molecular flexibility index (Phi) is 13.7. The highest BCUT2D eigenvalue weighted by molar-refractivity contribution is 5.97. The van der Waals surface area contributed by atoms with Gasteiger partial charge in [0.25, 0.3) is 5.91 Å². The van der Waals surface area contributed by atoms with E-state index >= 15 is 0 Å². The summed E-state index contributed by atoms with van der Waals surface area (Å²) in [6.07, 6.45) is 6.60. The van der Waals surface area contributed by atoms with Crippen LogP contribution in [0.2, 0.25) is 0 Å². The summed E-state index contributed by atoms with van der Waals surface area (Å²) >= 11 is 0. The van der Waals surface area contributed by atoms with Crippen LogP contribution in [0.3, 0.4) is 0 Å². The van der Waals surface area contributed by atoms with Crippen molar-refractivity contribution in [1.29, 1.82) is 0 Å². The number of carbonyl (C=O) groups excluding carboxylic acids is 2. The number of rotatable bonds is 10. The average Bonchev–Trinajstić information content (AvgIpc) is 2.71. The van der Waals surface area contributed by atoms with Gasteiger partial charge in [0.2, 0.25) is 5.91 Å². The maximum atomic E-state index is 12.8. The van der Waals surface area contributed by atoms with Crippen LogP contribution in [0.5, 0.6) is 0 Å². The Morgan fingerprint density at radius 1 is 1.07 bits per heavy atom. The first-order chi connectivity index (χ1) is 13.1. The SMILES string of the molecule is CCCCC(CN)NC(=O)C(Cc1cccnc1)NC(=O)c1ccccc1.Cl.Cl. The first-order valence-electron chi connectivity index (χ1n) is 9.39. The molecule has 0 saturated heterocycles. The van der Waals surface area contributed by atoms with Crippen molar-refractivity contribution in [3.05, 3.63) is 66.0 Å². The van der Waals surface area contributed by atoms with E-state index < -0.39 is 6.04 Å². The monoisotopic (exact) mass is 440 g/mol. The summed E-state index contributed by atoms with van der Waals surface area (Å²) in [5.74, 6) is -0.507. The highest BCUT2D eigenvalue weighted by atomic mass is 35.5. The molecule has 2 unspecified atom stereocenters. The second kappa shape index (κ2) is 14.8. The zero-order valence-corrected chi connectivity index (χ0v) is 18.2. The summed E-state index contributed by atoms with van der Waals surface area (Å²) in [6, 6.07) is 11.8. The fraction of sp³-hybridized carbons (Fsp3) is 0.381. The Morgan fingerprint density at radius 2 is 1.79 bits per heavy atom. The number of pyridine rings is 1. The van der Waals surface area contributed by atoms with E-state index in [4.69, 9.17) is 5.73 Å². The van der Waals surface area contributed by atoms with Gasteiger partial charge in [-0.25, -0.2) is 0 Å². The molecule has 8 heteroatoms. The molecule has 1 aromatic carbocycles. The van der Waals surface area contributed by atoms with Crippen molar-refractivity contribution in [3.63, 3.8) is 0 Å². The lowest BCUT2D eigenvalue weighted by Gasteiger charge is -2.23. The second-order valence-electron chi connectivity index (χ2n) is 6.54. The molecule has 0 aliphatic heterocycles. The van der Waals surface area contributed by atoms with Gasteiger partial charge in [0.05, 0.1) is 0 Å². The molecule has 0 bridgehead atoms. The molecule has 1 aromatic heterocycles. The molecule has 2 aromatic rings. The number of halogens is 2. The molecule has 1 heterocycles. The molecule has 0 radical (unpaired) electrons. The van der Waals surface area contributed by atoms with Gasteiger partial charge < -0.3 is 16.4 Å². The predicted octanol–water partition coefficient (Wildman–Crippen LogP) is 2.90. The molecule has 2 amide bonds. The van der Waals surface area contributed by atoms with Crippen LogP contribution in [0.15, 0.2) is 54.9 Å². The van der Waals surface area contributed by atoms with E-state index in [2.05, 4.69) is 22.5 Å². The highest BCUT2D eigenvalue weighted by Gasteiger charge is 2.24. The van der Waals surface area contributed by atoms with E-state index in [-0.39, 0.29) is 42.7 Å². The van der Waals surface area contributed by atoms with Gasteiger partial charge in [-0.1, -0.05) is 44.0 Å². The number of hydrogen-bond acceptors (Lipinski definition) is 4. The van der Waals surface area contributed by atoms with Crippen LogP contribution < -0.4 is 16.4 Å². The molecular weight excluding hydrogens is 411 g/mol. The van der Waals surface area contributed by atoms with Gasteiger partial charge in [0.15, 0.2) is 0 Å². The van der Waals surface area contributed by atoms with Crippen LogP contribution in [0.1, 0.15) is 42.1 Å². The smallest absolute Gasteiger partial charge is 0.251 e. The predicted molar refractivity (Wildman–Crippen MR) is 121 cm³/mol. The summed E-state index contributed by atoms with van der Waals surface area (Å²) < 4.78 is 0. The van der Waals surface area contributed by atoms with Crippen molar-refractivity contribution in [2.45, 2.75) is 44.7 Å². The van der Waals surface area contributed by atoms with Crippen LogP contribution >= 0.6 is 24.8 Å². The number of benzene rings is 1. The second-order valence-corrected chi connectivity index (χ2v) is 6.54. The molecular formula is C21H30Cl2N4O2. The number of nitrogens with one attached hydrogen (secondary N) is 2. The third-order valence-electron chi connectivity index (χ3n) is 4.36. The van der Waals surface area contributed by atoms with Gasteiger partial charge in [-0.15, -0.1) is 24.8 Å². The third kappa shape index (κ3) is 9.26. The number of hydrogen-bond donors (Lipinski definition) is 3. The standard InChI is InChI=1S/C21H28N4O2.2ClH/c1-2-3-11-18(14-22)24-21(27)19(13-16-8-7-12-23-15-16)25-20(26)17-9-5-4-6-10-17;;/h4-10,12,15,18-19H,2-3,11,13-14,22H2,1H3,(H,24,27)(H,25,26);2*1H. The molecule has 160 valence electrons. The van der Waals surface area contributed by atoms with Crippen LogP contribution in [-0.2, 0) is 11.2 Å². The van der Waals surface area contributed by atoms with Crippen molar-refractivity contribution in [2.75, 3.05) is 6.54 Å². The van der Waals surface area contributed by atoms with Gasteiger partial charge in [-0.2, -0.15) is 0 Å². The lowest BCUT2D eigenvalue weighted by molar-refractivity contribution is -0.123. The summed E-state index contributed by atoms with van der Waals surface area (Å²) in [5.41, 5.74) is 7.19. The number of aromatic nitrogens is 1. The van der Waals surface area contributed by atoms with E-state index in [1.807, 2.05) is 18.2 Å². The molecule has 2 atom stereocenters. The van der Waals surface area contributed by atoms with Crippen molar-refractivity contribution in [1.82, 2.24) is 15.6 Å². The fourth-order valence-corrected chi connectivity index (χ4v) is 2.80. The number of carbonyl (C=O) groups is 2. The Labute approximate surface area is 184 Å². The minimum Gasteiger partial charge on any atom is -0.350 e. The Balaban J connectivity index is 0.00000392. The van der Waals surface area contributed by atoms with E-state index in [1.54, 1.807) is 36.7 Å². The number of nitrogens with two attached hydrogens (primary N) is 1. The number of nitrogens with zero attached hydrogens (tertiary/aromatic N) is 1. The highest BCUT2D eigenvalue weighted by Crippen LogP contribution is 2.06. The van der Waals surface area contributed by atoms with Crippen molar-refractivity contribution in [2.24, 2.45) is 5.73 Å². The van der Waals surface area contributed by atoms with Crippen molar-refractivity contribution >= 4 is 36.6 Å². The van der Waals surface area contributed by atoms with E-state index in [9.17, 15) is 9.59 Å². The topological polar surface area (TPSA) is 97.1 Å². The summed E-state index contributed by atoms with van der Waals surface area (Å²) in [5, 5.41) is 5.83. The average molecular weight is 441 g/mol. The lowest BCUT2D eigenvalue weighted by atomic mass is 10.0. The molecule has 0 spiro atoms. The minimum atomic E-state index is -0.697. The summed E-state index contributed by atoms with van der Waals surface area (Å²) in [6.45, 7) is 2.47. The molecule has 4 N–H and O–H groups in total. The summed E-state index contributed by atoms with van der Waals surface area (Å²) in [7, 11) is 0. The van der Waals surface area contributed by atoms with Gasteiger partial charge in [0.1, 0.15) is 6.04 Å². The van der Waals surface area contributed by atoms with E-state index in [1.165, 1.54) is 0 Å². The molecule has 2 rings (SSSR count). The third-order valence-corrected chi connectivity index (χ3v) is 4.36. The maximum Gasteiger partial charge on any atom is 0.251 e. The van der Waals surface area contributed by atoms with Crippen LogP contribution in [0.4, 0.5) is 0 Å². The minimum absolute atomic E-state index is 0. The maximum absolute atomic E-state index is 12.8. The van der Waals surface area contributed by atoms with Gasteiger partial charge >= 0.3 is 0 Å². The summed E-state index contributed by atoms with van der Waals surface area (Å²) in [4.78, 5) is 29.5. The molecule has 0 saturated carbocycles. The van der Waals surface area contributed by atoms with Crippen LogP contribution in [0, 0.1) is 0 Å². The Hall–Kier alpha value is -2.15. The number of amides is 2. The zero-order chi connectivity index (χ0) is 19.5. The first-order valence-corrected chi connectivity index (χ1v) is 9.39. The first kappa shape index (κ1) is 26.9. The van der Waals surface area contributed by atoms with Gasteiger partial charge in [-0.3, -0.25) is 14.6 Å². The van der Waals surface area contributed by atoms with Crippen LogP contribution in [-0.4, -0.2) is 35.4 Å². The molecule has 6 nitrogen and oxygen atoms in total. The fourth-order valence-electron chi connectivity index (χ4n) is 2.80. The molecule has 0 fully saturated rings. The quantitative estimate of drug-likeness (QED) is 0.528. The van der Waals surface area contributed by atoms with Crippen molar-refractivity contribution < 1.29 is 9.59 Å².